The van der Waals surface area contributed by atoms with Crippen LogP contribution in [0.25, 0.3) is 0 Å². The second kappa shape index (κ2) is 5.30. The van der Waals surface area contributed by atoms with Crippen molar-refractivity contribution in [3.63, 3.8) is 0 Å². The van der Waals surface area contributed by atoms with E-state index in [0.717, 1.165) is 16.7 Å². The number of hydrogen-bond acceptors (Lipinski definition) is 4. The molecule has 2 fully saturated rings. The highest BCUT2D eigenvalue weighted by atomic mass is 16.6. The molecule has 0 spiro atoms. The number of ether oxygens (including phenoxy) is 2. The Bertz CT molecular complexity index is 505. The highest BCUT2D eigenvalue weighted by molar-refractivity contribution is 5.41. The number of aliphatic hydroxyl groups is 1. The molecule has 0 bridgehead atoms. The quantitative estimate of drug-likeness (QED) is 0.843. The highest BCUT2D eigenvalue weighted by Crippen LogP contribution is 2.40. The first-order chi connectivity index (χ1) is 9.29. The van der Waals surface area contributed by atoms with Crippen LogP contribution >= 0.6 is 0 Å². The number of rotatable bonds is 3. The van der Waals surface area contributed by atoms with Gasteiger partial charge >= 0.3 is 0 Å². The lowest BCUT2D eigenvalue weighted by molar-refractivity contribution is -0.0452. The van der Waals surface area contributed by atoms with Crippen LogP contribution in [-0.4, -0.2) is 24.4 Å². The van der Waals surface area contributed by atoms with Crippen LogP contribution in [0.2, 0.25) is 0 Å². The summed E-state index contributed by atoms with van der Waals surface area (Å²) in [5.74, 6) is 0. The second-order valence-corrected chi connectivity index (χ2v) is 5.11. The van der Waals surface area contributed by atoms with Crippen LogP contribution in [-0.2, 0) is 15.9 Å². The van der Waals surface area contributed by atoms with Gasteiger partial charge in [0, 0.05) is 13.0 Å². The Hall–Kier alpha value is -1.41. The van der Waals surface area contributed by atoms with Crippen LogP contribution in [0.4, 0.5) is 0 Å². The molecule has 3 unspecified atom stereocenters. The van der Waals surface area contributed by atoms with Crippen LogP contribution < -0.4 is 0 Å². The molecular weight excluding hydrogens is 242 g/mol. The first kappa shape index (κ1) is 12.6. The van der Waals surface area contributed by atoms with Crippen molar-refractivity contribution in [2.75, 3.05) is 13.2 Å². The van der Waals surface area contributed by atoms with Crippen molar-refractivity contribution in [2.24, 2.45) is 0 Å². The van der Waals surface area contributed by atoms with E-state index in [1.165, 1.54) is 0 Å². The summed E-state index contributed by atoms with van der Waals surface area (Å²) in [5, 5.41) is 18.7. The summed E-state index contributed by atoms with van der Waals surface area (Å²) >= 11 is 0. The molecule has 4 heteroatoms. The topological polar surface area (TPSA) is 65.8 Å². The lowest BCUT2D eigenvalue weighted by atomic mass is 9.90. The zero-order valence-electron chi connectivity index (χ0n) is 10.7. The molecule has 2 aliphatic rings. The van der Waals surface area contributed by atoms with Gasteiger partial charge in [-0.05, 0) is 23.1 Å². The maximum Gasteiger partial charge on any atom is 0.107 e. The Morgan fingerprint density at radius 1 is 1.32 bits per heavy atom. The van der Waals surface area contributed by atoms with Crippen LogP contribution in [0.15, 0.2) is 18.2 Å². The zero-order valence-corrected chi connectivity index (χ0v) is 10.7. The first-order valence-corrected chi connectivity index (χ1v) is 6.69. The van der Waals surface area contributed by atoms with Gasteiger partial charge in [-0.1, -0.05) is 18.2 Å². The third-order valence-corrected chi connectivity index (χ3v) is 3.76. The lowest BCUT2D eigenvalue weighted by Gasteiger charge is -2.28. The Labute approximate surface area is 112 Å². The van der Waals surface area contributed by atoms with Gasteiger partial charge in [0.25, 0.3) is 0 Å². The largest absolute Gasteiger partial charge is 0.393 e. The van der Waals surface area contributed by atoms with Crippen LogP contribution in [0.1, 0.15) is 41.7 Å². The molecule has 3 rings (SSSR count). The molecule has 100 valence electrons. The minimum absolute atomic E-state index is 0.0819. The molecule has 2 saturated heterocycles. The Morgan fingerprint density at radius 2 is 2.16 bits per heavy atom. The van der Waals surface area contributed by atoms with Crippen molar-refractivity contribution < 1.29 is 14.6 Å². The number of nitrogens with zero attached hydrogens (tertiary/aromatic N) is 1. The van der Waals surface area contributed by atoms with E-state index < -0.39 is 0 Å². The van der Waals surface area contributed by atoms with E-state index in [-0.39, 0.29) is 18.3 Å². The van der Waals surface area contributed by atoms with E-state index in [1.54, 1.807) is 0 Å². The molecule has 1 N–H and O–H groups in total. The minimum Gasteiger partial charge on any atom is -0.393 e. The predicted octanol–water partition coefficient (Wildman–Crippen LogP) is 2.04. The third-order valence-electron chi connectivity index (χ3n) is 3.76. The fraction of sp³-hybridized carbons (Fsp3) is 0.533. The minimum atomic E-state index is -0.300. The van der Waals surface area contributed by atoms with Gasteiger partial charge in [0.1, 0.15) is 6.10 Å². The van der Waals surface area contributed by atoms with Gasteiger partial charge in [0.05, 0.1) is 31.3 Å². The molecular formula is C15H17NO3. The summed E-state index contributed by atoms with van der Waals surface area (Å²) in [6.07, 6.45) is 1.42. The maximum absolute atomic E-state index is 9.80. The first-order valence-electron chi connectivity index (χ1n) is 6.69. The van der Waals surface area contributed by atoms with Gasteiger partial charge < -0.3 is 14.6 Å². The van der Waals surface area contributed by atoms with Crippen molar-refractivity contribution in [1.82, 2.24) is 0 Å². The molecule has 3 atom stereocenters. The Kier molecular flexibility index (Phi) is 3.52. The fourth-order valence-electron chi connectivity index (χ4n) is 2.76. The van der Waals surface area contributed by atoms with Crippen LogP contribution in [0.3, 0.4) is 0 Å². The summed E-state index contributed by atoms with van der Waals surface area (Å²) in [7, 11) is 0. The molecule has 0 aliphatic carbocycles. The number of epoxide rings is 1. The fourth-order valence-corrected chi connectivity index (χ4v) is 2.76. The molecule has 2 heterocycles. The maximum atomic E-state index is 9.80. The Morgan fingerprint density at radius 3 is 2.84 bits per heavy atom. The van der Waals surface area contributed by atoms with Crippen molar-refractivity contribution in [2.45, 2.75) is 37.6 Å². The average molecular weight is 259 g/mol. The smallest absolute Gasteiger partial charge is 0.107 e. The van der Waals surface area contributed by atoms with Gasteiger partial charge in [-0.25, -0.2) is 0 Å². The number of hydrogen-bond donors (Lipinski definition) is 1. The SMILES string of the molecule is N#CCc1cccc(C2CC(O)CCO2)c1C1CO1. The predicted molar refractivity (Wildman–Crippen MR) is 68.4 cm³/mol. The van der Waals surface area contributed by atoms with Gasteiger partial charge in [-0.3, -0.25) is 0 Å². The van der Waals surface area contributed by atoms with Crippen molar-refractivity contribution in [3.05, 3.63) is 34.9 Å². The van der Waals surface area contributed by atoms with E-state index in [2.05, 4.69) is 6.07 Å². The van der Waals surface area contributed by atoms with Gasteiger partial charge in [-0.2, -0.15) is 5.26 Å². The molecule has 1 aromatic carbocycles. The standard InChI is InChI=1S/C15H17NO3/c16-6-4-10-2-1-3-12(15(10)14-9-19-14)13-8-11(17)5-7-18-13/h1-3,11,13-14,17H,4-5,7-9H2. The van der Waals surface area contributed by atoms with E-state index in [4.69, 9.17) is 14.7 Å². The molecule has 0 amide bonds. The lowest BCUT2D eigenvalue weighted by Crippen LogP contribution is -2.24. The summed E-state index contributed by atoms with van der Waals surface area (Å²) in [6.45, 7) is 1.30. The van der Waals surface area contributed by atoms with Crippen LogP contribution in [0.5, 0.6) is 0 Å². The van der Waals surface area contributed by atoms with Crippen molar-refractivity contribution in [1.29, 1.82) is 5.26 Å². The third kappa shape index (κ3) is 2.64. The number of aliphatic hydroxyl groups excluding tert-OH is 1. The summed E-state index contributed by atoms with van der Waals surface area (Å²) in [6, 6.07) is 8.16. The van der Waals surface area contributed by atoms with E-state index in [9.17, 15) is 5.11 Å². The number of benzene rings is 1. The monoisotopic (exact) mass is 259 g/mol. The van der Waals surface area contributed by atoms with Gasteiger partial charge in [-0.15, -0.1) is 0 Å². The van der Waals surface area contributed by atoms with Crippen molar-refractivity contribution >= 4 is 0 Å². The molecule has 4 nitrogen and oxygen atoms in total. The average Bonchev–Trinajstić information content (AvgIpc) is 3.23. The van der Waals surface area contributed by atoms with Crippen LogP contribution in [0, 0.1) is 11.3 Å². The summed E-state index contributed by atoms with van der Waals surface area (Å²) in [5.41, 5.74) is 3.20. The molecule has 2 aliphatic heterocycles. The second-order valence-electron chi connectivity index (χ2n) is 5.11. The van der Waals surface area contributed by atoms with Crippen molar-refractivity contribution in [3.8, 4) is 6.07 Å². The Balaban J connectivity index is 1.95. The molecule has 1 aromatic rings. The van der Waals surface area contributed by atoms with E-state index in [1.807, 2.05) is 18.2 Å². The molecule has 0 saturated carbocycles. The molecule has 0 aromatic heterocycles. The zero-order chi connectivity index (χ0) is 13.2. The molecule has 0 radical (unpaired) electrons. The van der Waals surface area contributed by atoms with E-state index in [0.29, 0.717) is 32.5 Å². The number of nitriles is 1. The van der Waals surface area contributed by atoms with Gasteiger partial charge in [0.2, 0.25) is 0 Å². The van der Waals surface area contributed by atoms with Gasteiger partial charge in [0.15, 0.2) is 0 Å². The normalized spacial score (nSPS) is 29.8. The highest BCUT2D eigenvalue weighted by Gasteiger charge is 2.33. The summed E-state index contributed by atoms with van der Waals surface area (Å²) < 4.78 is 11.2. The molecule has 19 heavy (non-hydrogen) atoms. The van der Waals surface area contributed by atoms with E-state index >= 15 is 0 Å². The summed E-state index contributed by atoms with van der Waals surface area (Å²) in [4.78, 5) is 0.